The third-order valence-corrected chi connectivity index (χ3v) is 2.04. The lowest BCUT2D eigenvalue weighted by molar-refractivity contribution is -0.143. The van der Waals surface area contributed by atoms with Crippen LogP contribution in [0.25, 0.3) is 0 Å². The molecule has 7 heteroatoms. The lowest BCUT2D eigenvalue weighted by Gasteiger charge is -2.17. The molecule has 0 aromatic heterocycles. The number of nitrogens with one attached hydrogen (secondary N) is 1. The summed E-state index contributed by atoms with van der Waals surface area (Å²) in [5.41, 5.74) is 3.01. The molecular weight excluding hydrogens is 238 g/mol. The number of carbonyl (C=O) groups excluding carboxylic acids is 1. The average Bonchev–Trinajstić information content (AvgIpc) is 2.37. The number of benzene rings is 1. The number of carboxylic acid groups (broad SMARTS) is 1. The molecule has 1 aromatic rings. The molecule has 94 valence electrons. The summed E-state index contributed by atoms with van der Waals surface area (Å²) in [5.74, 6) is -1.18. The van der Waals surface area contributed by atoms with Crippen molar-refractivity contribution in [2.24, 2.45) is 0 Å². The maximum absolute atomic E-state index is 11.5. The first-order chi connectivity index (χ1) is 8.54. The molecule has 7 nitrogen and oxygen atoms in total. The zero-order valence-electron chi connectivity index (χ0n) is 9.58. The van der Waals surface area contributed by atoms with E-state index in [9.17, 15) is 9.59 Å². The monoisotopic (exact) mass is 249 g/mol. The Bertz CT molecular complexity index is 478. The first kappa shape index (κ1) is 13.5. The third-order valence-electron chi connectivity index (χ3n) is 2.04. The lowest BCUT2D eigenvalue weighted by Crippen LogP contribution is -2.38. The third kappa shape index (κ3) is 3.77. The van der Waals surface area contributed by atoms with Crippen LogP contribution in [0, 0.1) is 11.3 Å². The molecule has 0 bridgehead atoms. The van der Waals surface area contributed by atoms with Crippen LogP contribution in [0.1, 0.15) is 5.56 Å². The predicted molar refractivity (Wildman–Crippen MR) is 61.7 cm³/mol. The standard InChI is InChI=1S/C11H11N3O4/c1-14(11(17)13-18-7-10(15)16)9-4-2-8(6-12)3-5-9/h2-5H,7H2,1H3,(H,13,17)(H,15,16). The molecule has 1 rings (SSSR count). The van der Waals surface area contributed by atoms with Gasteiger partial charge in [-0.1, -0.05) is 0 Å². The van der Waals surface area contributed by atoms with Crippen molar-refractivity contribution < 1.29 is 19.5 Å². The van der Waals surface area contributed by atoms with Gasteiger partial charge in [-0.2, -0.15) is 5.26 Å². The molecule has 0 aliphatic carbocycles. The van der Waals surface area contributed by atoms with E-state index in [2.05, 4.69) is 4.84 Å². The van der Waals surface area contributed by atoms with Gasteiger partial charge in [-0.15, -0.1) is 0 Å². The topological polar surface area (TPSA) is 103 Å². The highest BCUT2D eigenvalue weighted by Crippen LogP contribution is 2.13. The van der Waals surface area contributed by atoms with E-state index in [1.54, 1.807) is 24.3 Å². The molecule has 0 aliphatic heterocycles. The van der Waals surface area contributed by atoms with Gasteiger partial charge in [0.05, 0.1) is 11.6 Å². The minimum Gasteiger partial charge on any atom is -0.479 e. The maximum Gasteiger partial charge on any atom is 0.345 e. The summed E-state index contributed by atoms with van der Waals surface area (Å²) in [6, 6.07) is 7.67. The molecule has 0 saturated carbocycles. The highest BCUT2D eigenvalue weighted by molar-refractivity contribution is 5.90. The molecule has 0 atom stereocenters. The Morgan fingerprint density at radius 3 is 2.56 bits per heavy atom. The average molecular weight is 249 g/mol. The molecule has 0 aliphatic rings. The zero-order valence-corrected chi connectivity index (χ0v) is 9.58. The summed E-state index contributed by atoms with van der Waals surface area (Å²) in [5, 5.41) is 16.9. The number of nitriles is 1. The number of anilines is 1. The smallest absolute Gasteiger partial charge is 0.345 e. The summed E-state index contributed by atoms with van der Waals surface area (Å²) in [7, 11) is 1.49. The summed E-state index contributed by atoms with van der Waals surface area (Å²) in [6.45, 7) is -0.618. The number of carbonyl (C=O) groups is 2. The van der Waals surface area contributed by atoms with Crippen molar-refractivity contribution in [1.29, 1.82) is 5.26 Å². The van der Waals surface area contributed by atoms with Gasteiger partial charge in [0, 0.05) is 12.7 Å². The number of nitrogens with zero attached hydrogens (tertiary/aromatic N) is 2. The van der Waals surface area contributed by atoms with Gasteiger partial charge < -0.3 is 5.11 Å². The number of rotatable bonds is 4. The van der Waals surface area contributed by atoms with Crippen LogP contribution in [-0.4, -0.2) is 30.8 Å². The number of hydrogen-bond acceptors (Lipinski definition) is 4. The number of hydrogen-bond donors (Lipinski definition) is 2. The second kappa shape index (κ2) is 6.22. The summed E-state index contributed by atoms with van der Waals surface area (Å²) < 4.78 is 0. The molecule has 2 amide bonds. The first-order valence-corrected chi connectivity index (χ1v) is 4.92. The number of amides is 2. The van der Waals surface area contributed by atoms with Gasteiger partial charge >= 0.3 is 12.0 Å². The Kier molecular flexibility index (Phi) is 4.66. The minimum absolute atomic E-state index is 0.481. The Labute approximate surface area is 103 Å². The van der Waals surface area contributed by atoms with E-state index in [0.29, 0.717) is 11.3 Å². The van der Waals surface area contributed by atoms with Crippen LogP contribution >= 0.6 is 0 Å². The van der Waals surface area contributed by atoms with Crippen molar-refractivity contribution in [2.45, 2.75) is 0 Å². The SMILES string of the molecule is CN(C(=O)NOCC(=O)O)c1ccc(C#N)cc1. The molecule has 2 N–H and O–H groups in total. The van der Waals surface area contributed by atoms with Crippen LogP contribution in [0.5, 0.6) is 0 Å². The molecule has 0 heterocycles. The predicted octanol–water partition coefficient (Wildman–Crippen LogP) is 0.720. The zero-order chi connectivity index (χ0) is 13.5. The molecule has 0 spiro atoms. The Morgan fingerprint density at radius 1 is 1.44 bits per heavy atom. The largest absolute Gasteiger partial charge is 0.479 e. The van der Waals surface area contributed by atoms with Crippen LogP contribution in [0.4, 0.5) is 10.5 Å². The number of hydroxylamine groups is 1. The highest BCUT2D eigenvalue weighted by atomic mass is 16.7. The molecule has 0 saturated heterocycles. The van der Waals surface area contributed by atoms with Crippen LogP contribution < -0.4 is 10.4 Å². The Morgan fingerprint density at radius 2 is 2.06 bits per heavy atom. The van der Waals surface area contributed by atoms with Gasteiger partial charge in [0.25, 0.3) is 0 Å². The van der Waals surface area contributed by atoms with E-state index in [-0.39, 0.29) is 0 Å². The Balaban J connectivity index is 2.57. The van der Waals surface area contributed by atoms with Gasteiger partial charge in [-0.3, -0.25) is 9.74 Å². The van der Waals surface area contributed by atoms with Crippen molar-refractivity contribution in [1.82, 2.24) is 5.48 Å². The molecule has 18 heavy (non-hydrogen) atoms. The van der Waals surface area contributed by atoms with E-state index >= 15 is 0 Å². The fourth-order valence-electron chi connectivity index (χ4n) is 1.10. The van der Waals surface area contributed by atoms with Gasteiger partial charge in [-0.05, 0) is 24.3 Å². The number of carboxylic acids is 1. The molecular formula is C11H11N3O4. The van der Waals surface area contributed by atoms with E-state index in [0.717, 1.165) is 0 Å². The maximum atomic E-state index is 11.5. The van der Waals surface area contributed by atoms with Gasteiger partial charge in [0.1, 0.15) is 0 Å². The van der Waals surface area contributed by atoms with E-state index < -0.39 is 18.6 Å². The quantitative estimate of drug-likeness (QED) is 0.765. The molecule has 0 radical (unpaired) electrons. The number of urea groups is 1. The van der Waals surface area contributed by atoms with Crippen LogP contribution in [0.15, 0.2) is 24.3 Å². The fourth-order valence-corrected chi connectivity index (χ4v) is 1.10. The summed E-state index contributed by atoms with van der Waals surface area (Å²) in [6.07, 6.45) is 0. The van der Waals surface area contributed by atoms with E-state index in [1.165, 1.54) is 11.9 Å². The second-order valence-electron chi connectivity index (χ2n) is 3.31. The van der Waals surface area contributed by atoms with Crippen molar-refractivity contribution in [3.05, 3.63) is 29.8 Å². The van der Waals surface area contributed by atoms with Gasteiger partial charge in [0.2, 0.25) is 0 Å². The van der Waals surface area contributed by atoms with Crippen molar-refractivity contribution in [3.8, 4) is 6.07 Å². The molecule has 0 unspecified atom stereocenters. The lowest BCUT2D eigenvalue weighted by atomic mass is 10.2. The van der Waals surface area contributed by atoms with Crippen LogP contribution in [-0.2, 0) is 9.63 Å². The second-order valence-corrected chi connectivity index (χ2v) is 3.31. The molecule has 1 aromatic carbocycles. The fraction of sp³-hybridized carbons (Fsp3) is 0.182. The van der Waals surface area contributed by atoms with Gasteiger partial charge in [-0.25, -0.2) is 15.1 Å². The highest BCUT2D eigenvalue weighted by Gasteiger charge is 2.11. The Hall–Kier alpha value is -2.59. The summed E-state index contributed by atoms with van der Waals surface area (Å²) >= 11 is 0. The number of aliphatic carboxylic acids is 1. The van der Waals surface area contributed by atoms with Crippen LogP contribution in [0.3, 0.4) is 0 Å². The minimum atomic E-state index is -1.18. The van der Waals surface area contributed by atoms with Crippen molar-refractivity contribution >= 4 is 17.7 Å². The van der Waals surface area contributed by atoms with Crippen molar-refractivity contribution in [3.63, 3.8) is 0 Å². The van der Waals surface area contributed by atoms with Crippen molar-refractivity contribution in [2.75, 3.05) is 18.6 Å². The normalized spacial score (nSPS) is 9.33. The summed E-state index contributed by atoms with van der Waals surface area (Å²) in [4.78, 5) is 27.4. The van der Waals surface area contributed by atoms with Crippen LogP contribution in [0.2, 0.25) is 0 Å². The molecule has 0 fully saturated rings. The first-order valence-electron chi connectivity index (χ1n) is 4.92. The van der Waals surface area contributed by atoms with Gasteiger partial charge in [0.15, 0.2) is 6.61 Å². The van der Waals surface area contributed by atoms with E-state index in [4.69, 9.17) is 10.4 Å². The van der Waals surface area contributed by atoms with E-state index in [1.807, 2.05) is 11.5 Å².